The summed E-state index contributed by atoms with van der Waals surface area (Å²) in [5.41, 5.74) is 0.288. The van der Waals surface area contributed by atoms with Crippen LogP contribution in [0.4, 0.5) is 0 Å². The van der Waals surface area contributed by atoms with Crippen LogP contribution in [0.2, 0.25) is 5.15 Å². The first-order chi connectivity index (χ1) is 8.16. The predicted molar refractivity (Wildman–Crippen MR) is 63.8 cm³/mol. The number of aromatic nitrogens is 1. The molecule has 2 rings (SSSR count). The summed E-state index contributed by atoms with van der Waals surface area (Å²) < 4.78 is 5.19. The second kappa shape index (κ2) is 5.01. The number of amides is 1. The summed E-state index contributed by atoms with van der Waals surface area (Å²) in [4.78, 5) is 15.8. The Morgan fingerprint density at radius 3 is 2.88 bits per heavy atom. The second-order valence-corrected chi connectivity index (χ2v) is 3.94. The highest BCUT2D eigenvalue weighted by molar-refractivity contribution is 6.29. The molecule has 0 bridgehead atoms. The van der Waals surface area contributed by atoms with Gasteiger partial charge in [-0.15, -0.1) is 0 Å². The van der Waals surface area contributed by atoms with Crippen molar-refractivity contribution in [3.05, 3.63) is 53.2 Å². The van der Waals surface area contributed by atoms with Gasteiger partial charge in [0, 0.05) is 0 Å². The number of carbonyl (C=O) groups is 1. The number of rotatable bonds is 3. The maximum Gasteiger partial charge on any atom is 0.270 e. The third kappa shape index (κ3) is 2.85. The van der Waals surface area contributed by atoms with Crippen LogP contribution in [-0.4, -0.2) is 10.9 Å². The van der Waals surface area contributed by atoms with Gasteiger partial charge in [-0.05, 0) is 31.2 Å². The Morgan fingerprint density at radius 2 is 2.24 bits per heavy atom. The van der Waals surface area contributed by atoms with Crippen molar-refractivity contribution in [1.29, 1.82) is 0 Å². The van der Waals surface area contributed by atoms with Crippen LogP contribution < -0.4 is 5.32 Å². The molecule has 4 nitrogen and oxygen atoms in total. The van der Waals surface area contributed by atoms with Gasteiger partial charge in [0.2, 0.25) is 0 Å². The summed E-state index contributed by atoms with van der Waals surface area (Å²) in [6, 6.07) is 8.27. The van der Waals surface area contributed by atoms with E-state index in [9.17, 15) is 4.79 Å². The highest BCUT2D eigenvalue weighted by Gasteiger charge is 2.14. The van der Waals surface area contributed by atoms with E-state index in [1.165, 1.54) is 0 Å². The van der Waals surface area contributed by atoms with Crippen LogP contribution in [0.15, 0.2) is 41.0 Å². The van der Waals surface area contributed by atoms with Crippen molar-refractivity contribution < 1.29 is 9.21 Å². The molecule has 5 heteroatoms. The summed E-state index contributed by atoms with van der Waals surface area (Å²) in [6.07, 6.45) is 1.57. The van der Waals surface area contributed by atoms with Gasteiger partial charge in [-0.2, -0.15) is 0 Å². The minimum Gasteiger partial charge on any atom is -0.467 e. The maximum absolute atomic E-state index is 11.8. The van der Waals surface area contributed by atoms with E-state index >= 15 is 0 Å². The minimum atomic E-state index is -0.281. The normalized spacial score (nSPS) is 12.1. The first-order valence-electron chi connectivity index (χ1n) is 5.13. The molecule has 1 amide bonds. The van der Waals surface area contributed by atoms with Gasteiger partial charge in [-0.1, -0.05) is 17.7 Å². The van der Waals surface area contributed by atoms with E-state index in [4.69, 9.17) is 16.0 Å². The second-order valence-electron chi connectivity index (χ2n) is 3.56. The number of halogens is 1. The number of nitrogens with zero attached hydrogens (tertiary/aromatic N) is 1. The smallest absolute Gasteiger partial charge is 0.270 e. The monoisotopic (exact) mass is 250 g/mol. The Labute approximate surface area is 104 Å². The van der Waals surface area contributed by atoms with Crippen molar-refractivity contribution in [2.45, 2.75) is 13.0 Å². The lowest BCUT2D eigenvalue weighted by Crippen LogP contribution is -2.27. The molecule has 1 atom stereocenters. The molecule has 0 aliphatic rings. The number of hydrogen-bond donors (Lipinski definition) is 1. The summed E-state index contributed by atoms with van der Waals surface area (Å²) in [6.45, 7) is 1.83. The summed E-state index contributed by atoms with van der Waals surface area (Å²) in [7, 11) is 0. The van der Waals surface area contributed by atoms with Crippen LogP contribution in [-0.2, 0) is 0 Å². The van der Waals surface area contributed by atoms with E-state index in [2.05, 4.69) is 10.3 Å². The molecule has 1 unspecified atom stereocenters. The first-order valence-corrected chi connectivity index (χ1v) is 5.51. The van der Waals surface area contributed by atoms with Gasteiger partial charge in [0.1, 0.15) is 16.6 Å². The van der Waals surface area contributed by atoms with Gasteiger partial charge >= 0.3 is 0 Å². The molecular weight excluding hydrogens is 240 g/mol. The lowest BCUT2D eigenvalue weighted by Gasteiger charge is -2.10. The lowest BCUT2D eigenvalue weighted by molar-refractivity contribution is 0.0930. The van der Waals surface area contributed by atoms with E-state index in [-0.39, 0.29) is 17.6 Å². The zero-order valence-corrected chi connectivity index (χ0v) is 9.94. The molecule has 2 heterocycles. The molecular formula is C12H11ClN2O2. The molecule has 0 spiro atoms. The fourth-order valence-electron chi connectivity index (χ4n) is 1.41. The zero-order valence-electron chi connectivity index (χ0n) is 9.18. The van der Waals surface area contributed by atoms with Crippen LogP contribution >= 0.6 is 11.6 Å². The van der Waals surface area contributed by atoms with Crippen molar-refractivity contribution in [2.24, 2.45) is 0 Å². The van der Waals surface area contributed by atoms with Crippen LogP contribution in [0.25, 0.3) is 0 Å². The first kappa shape index (κ1) is 11.7. The lowest BCUT2D eigenvalue weighted by atomic mass is 10.2. The van der Waals surface area contributed by atoms with Gasteiger partial charge in [0.05, 0.1) is 12.3 Å². The molecule has 17 heavy (non-hydrogen) atoms. The molecule has 0 fully saturated rings. The Balaban J connectivity index is 2.07. The summed E-state index contributed by atoms with van der Waals surface area (Å²) in [5, 5.41) is 3.07. The van der Waals surface area contributed by atoms with Crippen molar-refractivity contribution in [2.75, 3.05) is 0 Å². The molecule has 2 aromatic heterocycles. The molecule has 2 aromatic rings. The number of carbonyl (C=O) groups excluding carboxylic acids is 1. The fraction of sp³-hybridized carbons (Fsp3) is 0.167. The standard InChI is InChI=1S/C12H11ClN2O2/c1-8(10-5-3-7-17-10)14-12(16)9-4-2-6-11(13)15-9/h2-8H,1H3,(H,14,16). The predicted octanol–water partition coefficient (Wildman–Crippen LogP) is 2.82. The Kier molecular flexibility index (Phi) is 3.44. The maximum atomic E-state index is 11.8. The van der Waals surface area contributed by atoms with Crippen LogP contribution in [0.5, 0.6) is 0 Å². The molecule has 0 aliphatic heterocycles. The molecule has 0 saturated heterocycles. The third-order valence-electron chi connectivity index (χ3n) is 2.27. The molecule has 0 aliphatic carbocycles. The molecule has 0 radical (unpaired) electrons. The van der Waals surface area contributed by atoms with Crippen LogP contribution in [0.1, 0.15) is 29.2 Å². The topological polar surface area (TPSA) is 55.1 Å². The quantitative estimate of drug-likeness (QED) is 0.853. The highest BCUT2D eigenvalue weighted by Crippen LogP contribution is 2.13. The molecule has 88 valence electrons. The van der Waals surface area contributed by atoms with Crippen molar-refractivity contribution in [3.8, 4) is 0 Å². The van der Waals surface area contributed by atoms with E-state index < -0.39 is 0 Å². The van der Waals surface area contributed by atoms with E-state index in [1.807, 2.05) is 6.92 Å². The molecule has 1 N–H and O–H groups in total. The average molecular weight is 251 g/mol. The summed E-state index contributed by atoms with van der Waals surface area (Å²) >= 11 is 5.72. The van der Waals surface area contributed by atoms with Crippen molar-refractivity contribution >= 4 is 17.5 Å². The van der Waals surface area contributed by atoms with Crippen LogP contribution in [0.3, 0.4) is 0 Å². The number of furan rings is 1. The largest absolute Gasteiger partial charge is 0.467 e. The Bertz CT molecular complexity index is 511. The minimum absolute atomic E-state index is 0.210. The number of nitrogens with one attached hydrogen (secondary N) is 1. The van der Waals surface area contributed by atoms with E-state index in [0.717, 1.165) is 0 Å². The van der Waals surface area contributed by atoms with Gasteiger partial charge < -0.3 is 9.73 Å². The highest BCUT2D eigenvalue weighted by atomic mass is 35.5. The average Bonchev–Trinajstić information content (AvgIpc) is 2.82. The Hall–Kier alpha value is -1.81. The zero-order chi connectivity index (χ0) is 12.3. The van der Waals surface area contributed by atoms with Gasteiger partial charge in [-0.3, -0.25) is 4.79 Å². The number of pyridine rings is 1. The van der Waals surface area contributed by atoms with E-state index in [1.54, 1.807) is 36.6 Å². The van der Waals surface area contributed by atoms with Gasteiger partial charge in [0.25, 0.3) is 5.91 Å². The third-order valence-corrected chi connectivity index (χ3v) is 2.48. The Morgan fingerprint density at radius 1 is 1.41 bits per heavy atom. The van der Waals surface area contributed by atoms with Gasteiger partial charge in [-0.25, -0.2) is 4.98 Å². The molecule has 0 aromatic carbocycles. The molecule has 0 saturated carbocycles. The fourth-order valence-corrected chi connectivity index (χ4v) is 1.58. The van der Waals surface area contributed by atoms with E-state index in [0.29, 0.717) is 10.9 Å². The SMILES string of the molecule is CC(NC(=O)c1cccc(Cl)n1)c1ccco1. The van der Waals surface area contributed by atoms with Gasteiger partial charge in [0.15, 0.2) is 0 Å². The van der Waals surface area contributed by atoms with Crippen molar-refractivity contribution in [1.82, 2.24) is 10.3 Å². The number of hydrogen-bond acceptors (Lipinski definition) is 3. The van der Waals surface area contributed by atoms with Crippen LogP contribution in [0, 0.1) is 0 Å². The summed E-state index contributed by atoms with van der Waals surface area (Å²) in [5.74, 6) is 0.414. The van der Waals surface area contributed by atoms with Crippen molar-refractivity contribution in [3.63, 3.8) is 0 Å².